The minimum Gasteiger partial charge on any atom is -0.508 e. The van der Waals surface area contributed by atoms with Crippen LogP contribution in [0.1, 0.15) is 11.1 Å². The molecule has 33 heavy (non-hydrogen) atoms. The average molecular weight is 455 g/mol. The fourth-order valence-corrected chi connectivity index (χ4v) is 4.25. The molecule has 4 rings (SSSR count). The normalized spacial score (nSPS) is 11.2. The second-order valence-corrected chi connectivity index (χ2v) is 8.56. The maximum absolute atomic E-state index is 9.72. The van der Waals surface area contributed by atoms with Gasteiger partial charge in [0.25, 0.3) is 0 Å². The molecule has 0 saturated heterocycles. The monoisotopic (exact) mass is 454 g/mol. The predicted octanol–water partition coefficient (Wildman–Crippen LogP) is 6.88. The summed E-state index contributed by atoms with van der Waals surface area (Å²) >= 11 is 1.64. The van der Waals surface area contributed by atoms with Crippen molar-refractivity contribution in [3.63, 3.8) is 0 Å². The van der Waals surface area contributed by atoms with Crippen LogP contribution in [-0.4, -0.2) is 22.3 Å². The highest BCUT2D eigenvalue weighted by molar-refractivity contribution is 8.13. The fraction of sp³-hybridized carbons (Fsp3) is 0.107. The van der Waals surface area contributed by atoms with Crippen LogP contribution in [-0.2, 0) is 13.1 Å². The van der Waals surface area contributed by atoms with Gasteiger partial charge in [0.15, 0.2) is 5.17 Å². The number of phenolic OH excluding ortho intramolecular Hbond substituents is 1. The minimum atomic E-state index is 0.263. The van der Waals surface area contributed by atoms with Crippen LogP contribution in [0.5, 0.6) is 11.5 Å². The van der Waals surface area contributed by atoms with Crippen molar-refractivity contribution in [1.29, 1.82) is 0 Å². The molecule has 166 valence electrons. The van der Waals surface area contributed by atoms with Crippen molar-refractivity contribution in [2.75, 3.05) is 7.11 Å². The first-order valence-electron chi connectivity index (χ1n) is 10.7. The van der Waals surface area contributed by atoms with Crippen molar-refractivity contribution < 1.29 is 9.84 Å². The molecule has 0 unspecified atom stereocenters. The molecule has 0 radical (unpaired) electrons. The van der Waals surface area contributed by atoms with E-state index in [1.165, 1.54) is 5.56 Å². The van der Waals surface area contributed by atoms with Gasteiger partial charge in [-0.1, -0.05) is 72.4 Å². The van der Waals surface area contributed by atoms with E-state index in [1.807, 2.05) is 60.7 Å². The summed E-state index contributed by atoms with van der Waals surface area (Å²) in [4.78, 5) is 8.43. The van der Waals surface area contributed by atoms with E-state index in [0.717, 1.165) is 27.1 Å². The summed E-state index contributed by atoms with van der Waals surface area (Å²) in [5, 5.41) is 10.6. The van der Waals surface area contributed by atoms with Gasteiger partial charge in [-0.15, -0.1) is 0 Å². The number of hydrogen-bond donors (Lipinski definition) is 1. The number of phenols is 1. The van der Waals surface area contributed by atoms with Crippen molar-refractivity contribution in [3.8, 4) is 11.5 Å². The molecule has 0 amide bonds. The third-order valence-electron chi connectivity index (χ3n) is 5.05. The van der Waals surface area contributed by atoms with E-state index in [9.17, 15) is 5.11 Å². The lowest BCUT2D eigenvalue weighted by molar-refractivity contribution is 0.413. The molecule has 0 aliphatic carbocycles. The van der Waals surface area contributed by atoms with Gasteiger partial charge in [-0.25, -0.2) is 4.99 Å². The molecule has 5 heteroatoms. The maximum atomic E-state index is 9.72. The summed E-state index contributed by atoms with van der Waals surface area (Å²) in [5.74, 6) is 1.07. The molecule has 1 N–H and O–H groups in total. The molecule has 0 aromatic heterocycles. The van der Waals surface area contributed by atoms with Crippen LogP contribution in [0.25, 0.3) is 0 Å². The summed E-state index contributed by atoms with van der Waals surface area (Å²) < 4.78 is 5.30. The van der Waals surface area contributed by atoms with Crippen molar-refractivity contribution >= 4 is 22.6 Å². The average Bonchev–Trinajstić information content (AvgIpc) is 2.86. The minimum absolute atomic E-state index is 0.263. The van der Waals surface area contributed by atoms with Gasteiger partial charge in [0.2, 0.25) is 0 Å². The molecule has 0 aliphatic rings. The predicted molar refractivity (Wildman–Crippen MR) is 136 cm³/mol. The smallest absolute Gasteiger partial charge is 0.169 e. The number of amidine groups is 1. The standard InChI is InChI=1S/C28H26N2O2S/c1-32-26-18-14-24(15-19-26)29-28(33-27-10-6-3-7-11-27)30(20-22-8-4-2-5-9-22)21-23-12-16-25(31)17-13-23/h2-19,31H,20-21H2,1H3. The Morgan fingerprint density at radius 2 is 1.33 bits per heavy atom. The molecule has 0 fully saturated rings. The number of nitrogens with zero attached hydrogens (tertiary/aromatic N) is 2. The zero-order valence-corrected chi connectivity index (χ0v) is 19.3. The van der Waals surface area contributed by atoms with Gasteiger partial charge >= 0.3 is 0 Å². The Labute approximate surface area is 199 Å². The van der Waals surface area contributed by atoms with Gasteiger partial charge in [-0.05, 0) is 59.7 Å². The van der Waals surface area contributed by atoms with Crippen molar-refractivity contribution in [3.05, 3.63) is 120 Å². The first kappa shape index (κ1) is 22.5. The van der Waals surface area contributed by atoms with Gasteiger partial charge < -0.3 is 14.7 Å². The third-order valence-corrected chi connectivity index (χ3v) is 6.09. The van der Waals surface area contributed by atoms with Crippen LogP contribution in [0.4, 0.5) is 5.69 Å². The zero-order chi connectivity index (χ0) is 22.9. The Balaban J connectivity index is 1.72. The molecule has 4 aromatic rings. The van der Waals surface area contributed by atoms with E-state index in [1.54, 1.807) is 31.0 Å². The molecule has 4 aromatic carbocycles. The number of aromatic hydroxyl groups is 1. The third kappa shape index (κ3) is 6.64. The molecule has 0 bridgehead atoms. The summed E-state index contributed by atoms with van der Waals surface area (Å²) in [7, 11) is 1.66. The lowest BCUT2D eigenvalue weighted by Crippen LogP contribution is -2.28. The largest absolute Gasteiger partial charge is 0.508 e. The van der Waals surface area contributed by atoms with E-state index in [2.05, 4.69) is 41.3 Å². The van der Waals surface area contributed by atoms with Crippen LogP contribution < -0.4 is 4.74 Å². The van der Waals surface area contributed by atoms with Gasteiger partial charge in [0.05, 0.1) is 12.8 Å². The fourth-order valence-electron chi connectivity index (χ4n) is 3.34. The van der Waals surface area contributed by atoms with E-state index in [4.69, 9.17) is 9.73 Å². The Morgan fingerprint density at radius 3 is 1.94 bits per heavy atom. The van der Waals surface area contributed by atoms with Crippen molar-refractivity contribution in [1.82, 2.24) is 4.90 Å². The molecule has 0 atom stereocenters. The highest BCUT2D eigenvalue weighted by Crippen LogP contribution is 2.28. The van der Waals surface area contributed by atoms with E-state index < -0.39 is 0 Å². The van der Waals surface area contributed by atoms with Gasteiger partial charge in [0, 0.05) is 18.0 Å². The lowest BCUT2D eigenvalue weighted by atomic mass is 10.2. The van der Waals surface area contributed by atoms with E-state index >= 15 is 0 Å². The van der Waals surface area contributed by atoms with Gasteiger partial charge in [-0.3, -0.25) is 0 Å². The first-order chi connectivity index (χ1) is 16.2. The van der Waals surface area contributed by atoms with Crippen LogP contribution in [0.3, 0.4) is 0 Å². The number of hydrogen-bond acceptors (Lipinski definition) is 4. The number of methoxy groups -OCH3 is 1. The topological polar surface area (TPSA) is 45.1 Å². The highest BCUT2D eigenvalue weighted by Gasteiger charge is 2.16. The summed E-state index contributed by atoms with van der Waals surface area (Å²) in [6.07, 6.45) is 0. The van der Waals surface area contributed by atoms with Crippen LogP contribution in [0.15, 0.2) is 119 Å². The van der Waals surface area contributed by atoms with Crippen LogP contribution in [0.2, 0.25) is 0 Å². The number of ether oxygens (including phenoxy) is 1. The van der Waals surface area contributed by atoms with Crippen LogP contribution >= 0.6 is 11.8 Å². The summed E-state index contributed by atoms with van der Waals surface area (Å²) in [6, 6.07) is 35.8. The molecule has 0 saturated carbocycles. The zero-order valence-electron chi connectivity index (χ0n) is 18.5. The summed E-state index contributed by atoms with van der Waals surface area (Å²) in [5.41, 5.74) is 3.16. The Hall–Kier alpha value is -3.70. The second kappa shape index (κ2) is 11.2. The SMILES string of the molecule is COc1ccc(N=C(Sc2ccccc2)N(Cc2ccccc2)Cc2ccc(O)cc2)cc1. The molecular weight excluding hydrogens is 428 g/mol. The molecule has 4 nitrogen and oxygen atoms in total. The van der Waals surface area contributed by atoms with Crippen molar-refractivity contribution in [2.24, 2.45) is 4.99 Å². The van der Waals surface area contributed by atoms with Gasteiger partial charge in [-0.2, -0.15) is 0 Å². The second-order valence-electron chi connectivity index (χ2n) is 7.52. The van der Waals surface area contributed by atoms with Gasteiger partial charge in [0.1, 0.15) is 11.5 Å². The van der Waals surface area contributed by atoms with Crippen LogP contribution in [0, 0.1) is 0 Å². The molecule has 0 heterocycles. The first-order valence-corrected chi connectivity index (χ1v) is 11.5. The van der Waals surface area contributed by atoms with Crippen molar-refractivity contribution in [2.45, 2.75) is 18.0 Å². The number of thioether (sulfide) groups is 1. The number of benzene rings is 4. The molecule has 0 spiro atoms. The lowest BCUT2D eigenvalue weighted by Gasteiger charge is -2.26. The Morgan fingerprint density at radius 1 is 0.758 bits per heavy atom. The summed E-state index contributed by atoms with van der Waals surface area (Å²) in [6.45, 7) is 1.36. The Bertz CT molecular complexity index is 1160. The van der Waals surface area contributed by atoms with E-state index in [0.29, 0.717) is 13.1 Å². The molecular formula is C28H26N2O2S. The van der Waals surface area contributed by atoms with E-state index in [-0.39, 0.29) is 5.75 Å². The molecule has 0 aliphatic heterocycles. The highest BCUT2D eigenvalue weighted by atomic mass is 32.2. The Kier molecular flexibility index (Phi) is 7.67. The number of aliphatic imine (C=N–C) groups is 1. The quantitative estimate of drug-likeness (QED) is 0.188. The number of rotatable bonds is 7. The maximum Gasteiger partial charge on any atom is 0.169 e.